The zero-order valence-electron chi connectivity index (χ0n) is 10.4. The minimum absolute atomic E-state index is 0.383. The van der Waals surface area contributed by atoms with Crippen LogP contribution in [0, 0.1) is 0 Å². The van der Waals surface area contributed by atoms with Crippen LogP contribution in [-0.2, 0) is 4.74 Å². The third-order valence-corrected chi connectivity index (χ3v) is 3.07. The van der Waals surface area contributed by atoms with Crippen LogP contribution in [-0.4, -0.2) is 42.8 Å². The van der Waals surface area contributed by atoms with Crippen LogP contribution in [0.3, 0.4) is 0 Å². The molecule has 0 aromatic heterocycles. The van der Waals surface area contributed by atoms with Crippen LogP contribution < -0.4 is 5.73 Å². The predicted octanol–water partition coefficient (Wildman–Crippen LogP) is 1.61. The van der Waals surface area contributed by atoms with Gasteiger partial charge in [0.25, 0.3) is 0 Å². The molecule has 1 saturated heterocycles. The third kappa shape index (κ3) is 4.96. The standard InChI is InChI=1S/C12H26N2O/c1-4-12(13)6-5-7-14-8-10(2)15-11(3)9-14/h10-12H,4-9,13H2,1-3H3/t10-,11+,12?. The molecule has 0 spiro atoms. The highest BCUT2D eigenvalue weighted by atomic mass is 16.5. The van der Waals surface area contributed by atoms with Gasteiger partial charge in [-0.3, -0.25) is 4.90 Å². The minimum Gasteiger partial charge on any atom is -0.373 e. The van der Waals surface area contributed by atoms with E-state index >= 15 is 0 Å². The Morgan fingerprint density at radius 3 is 2.47 bits per heavy atom. The number of ether oxygens (including phenoxy) is 1. The first-order valence-corrected chi connectivity index (χ1v) is 6.25. The average Bonchev–Trinajstić information content (AvgIpc) is 2.16. The molecule has 0 aromatic carbocycles. The second kappa shape index (κ2) is 6.46. The summed E-state index contributed by atoms with van der Waals surface area (Å²) in [5.74, 6) is 0. The molecule has 1 aliphatic heterocycles. The summed E-state index contributed by atoms with van der Waals surface area (Å²) in [6, 6.07) is 0.390. The van der Waals surface area contributed by atoms with Gasteiger partial charge in [-0.05, 0) is 39.7 Å². The lowest BCUT2D eigenvalue weighted by Gasteiger charge is -2.35. The Labute approximate surface area is 94.0 Å². The monoisotopic (exact) mass is 214 g/mol. The molecule has 0 amide bonds. The molecule has 1 unspecified atom stereocenters. The molecule has 1 aliphatic rings. The van der Waals surface area contributed by atoms with Gasteiger partial charge in [-0.25, -0.2) is 0 Å². The minimum atomic E-state index is 0.383. The highest BCUT2D eigenvalue weighted by molar-refractivity contribution is 4.73. The average molecular weight is 214 g/mol. The van der Waals surface area contributed by atoms with Crippen LogP contribution >= 0.6 is 0 Å². The van der Waals surface area contributed by atoms with Crippen LogP contribution in [0.2, 0.25) is 0 Å². The number of morpholine rings is 1. The molecule has 1 heterocycles. The molecule has 0 bridgehead atoms. The number of hydrogen-bond acceptors (Lipinski definition) is 3. The van der Waals surface area contributed by atoms with Crippen LogP contribution in [0.1, 0.15) is 40.0 Å². The van der Waals surface area contributed by atoms with E-state index in [2.05, 4.69) is 25.7 Å². The Morgan fingerprint density at radius 2 is 1.93 bits per heavy atom. The van der Waals surface area contributed by atoms with Crippen molar-refractivity contribution < 1.29 is 4.74 Å². The summed E-state index contributed by atoms with van der Waals surface area (Å²) in [5.41, 5.74) is 5.90. The Balaban J connectivity index is 2.15. The maximum absolute atomic E-state index is 5.90. The number of hydrogen-bond donors (Lipinski definition) is 1. The van der Waals surface area contributed by atoms with Gasteiger partial charge in [0, 0.05) is 19.1 Å². The number of nitrogens with two attached hydrogens (primary N) is 1. The summed E-state index contributed by atoms with van der Waals surface area (Å²) in [6.07, 6.45) is 4.23. The van der Waals surface area contributed by atoms with E-state index in [1.54, 1.807) is 0 Å². The van der Waals surface area contributed by atoms with E-state index in [9.17, 15) is 0 Å². The van der Waals surface area contributed by atoms with Crippen LogP contribution in [0.5, 0.6) is 0 Å². The first kappa shape index (κ1) is 12.9. The van der Waals surface area contributed by atoms with Gasteiger partial charge >= 0.3 is 0 Å². The molecule has 2 N–H and O–H groups in total. The van der Waals surface area contributed by atoms with Gasteiger partial charge < -0.3 is 10.5 Å². The zero-order valence-corrected chi connectivity index (χ0v) is 10.4. The van der Waals surface area contributed by atoms with Gasteiger partial charge in [0.05, 0.1) is 12.2 Å². The molecule has 0 aromatic rings. The summed E-state index contributed by atoms with van der Waals surface area (Å²) in [5, 5.41) is 0. The van der Waals surface area contributed by atoms with Crippen molar-refractivity contribution >= 4 is 0 Å². The fraction of sp³-hybridized carbons (Fsp3) is 1.00. The van der Waals surface area contributed by atoms with E-state index in [0.717, 1.165) is 25.9 Å². The van der Waals surface area contributed by atoms with Crippen LogP contribution in [0.4, 0.5) is 0 Å². The lowest BCUT2D eigenvalue weighted by atomic mass is 10.1. The van der Waals surface area contributed by atoms with E-state index in [0.29, 0.717) is 18.2 Å². The van der Waals surface area contributed by atoms with Gasteiger partial charge in [-0.15, -0.1) is 0 Å². The summed E-state index contributed by atoms with van der Waals surface area (Å²) in [6.45, 7) is 9.79. The second-order valence-corrected chi connectivity index (χ2v) is 4.83. The number of nitrogens with zero attached hydrogens (tertiary/aromatic N) is 1. The molecule has 15 heavy (non-hydrogen) atoms. The second-order valence-electron chi connectivity index (χ2n) is 4.83. The predicted molar refractivity (Wildman–Crippen MR) is 63.9 cm³/mol. The van der Waals surface area contributed by atoms with Crippen molar-refractivity contribution in [1.29, 1.82) is 0 Å². The van der Waals surface area contributed by atoms with Crippen molar-refractivity contribution in [3.8, 4) is 0 Å². The molecule has 0 radical (unpaired) electrons. The lowest BCUT2D eigenvalue weighted by molar-refractivity contribution is -0.0682. The Bertz CT molecular complexity index is 165. The van der Waals surface area contributed by atoms with Crippen molar-refractivity contribution in [3.05, 3.63) is 0 Å². The van der Waals surface area contributed by atoms with Crippen LogP contribution in [0.15, 0.2) is 0 Å². The molecule has 3 heteroatoms. The molecule has 1 fully saturated rings. The molecule has 0 aliphatic carbocycles. The zero-order chi connectivity index (χ0) is 11.3. The SMILES string of the molecule is CCC(N)CCCN1C[C@@H](C)O[C@@H](C)C1. The summed E-state index contributed by atoms with van der Waals surface area (Å²) < 4.78 is 5.70. The normalized spacial score (nSPS) is 30.4. The van der Waals surface area contributed by atoms with Gasteiger partial charge in [0.15, 0.2) is 0 Å². The Hall–Kier alpha value is -0.120. The number of rotatable bonds is 5. The largest absolute Gasteiger partial charge is 0.373 e. The van der Waals surface area contributed by atoms with E-state index in [1.807, 2.05) is 0 Å². The molecular formula is C12H26N2O. The maximum atomic E-state index is 5.90. The van der Waals surface area contributed by atoms with E-state index < -0.39 is 0 Å². The van der Waals surface area contributed by atoms with Crippen molar-refractivity contribution in [3.63, 3.8) is 0 Å². The van der Waals surface area contributed by atoms with Gasteiger partial charge in [0.2, 0.25) is 0 Å². The summed E-state index contributed by atoms with van der Waals surface area (Å²) >= 11 is 0. The molecule has 3 atom stereocenters. The molecule has 0 saturated carbocycles. The first-order valence-electron chi connectivity index (χ1n) is 6.25. The summed E-state index contributed by atoms with van der Waals surface area (Å²) in [4.78, 5) is 2.50. The van der Waals surface area contributed by atoms with Gasteiger partial charge in [-0.1, -0.05) is 6.92 Å². The fourth-order valence-electron chi connectivity index (χ4n) is 2.25. The fourth-order valence-corrected chi connectivity index (χ4v) is 2.25. The van der Waals surface area contributed by atoms with Crippen molar-refractivity contribution in [2.75, 3.05) is 19.6 Å². The van der Waals surface area contributed by atoms with Crippen molar-refractivity contribution in [1.82, 2.24) is 4.90 Å². The maximum Gasteiger partial charge on any atom is 0.0678 e. The van der Waals surface area contributed by atoms with E-state index in [1.165, 1.54) is 13.0 Å². The van der Waals surface area contributed by atoms with Crippen molar-refractivity contribution in [2.45, 2.75) is 58.3 Å². The molecule has 90 valence electrons. The quantitative estimate of drug-likeness (QED) is 0.755. The van der Waals surface area contributed by atoms with Crippen molar-refractivity contribution in [2.24, 2.45) is 5.73 Å². The highest BCUT2D eigenvalue weighted by Gasteiger charge is 2.21. The molecular weight excluding hydrogens is 188 g/mol. The smallest absolute Gasteiger partial charge is 0.0678 e. The van der Waals surface area contributed by atoms with Gasteiger partial charge in [-0.2, -0.15) is 0 Å². The van der Waals surface area contributed by atoms with E-state index in [-0.39, 0.29) is 0 Å². The van der Waals surface area contributed by atoms with E-state index in [4.69, 9.17) is 10.5 Å². The Morgan fingerprint density at radius 1 is 1.33 bits per heavy atom. The molecule has 3 nitrogen and oxygen atoms in total. The third-order valence-electron chi connectivity index (χ3n) is 3.07. The van der Waals surface area contributed by atoms with Crippen LogP contribution in [0.25, 0.3) is 0 Å². The highest BCUT2D eigenvalue weighted by Crippen LogP contribution is 2.11. The first-order chi connectivity index (χ1) is 7.11. The topological polar surface area (TPSA) is 38.5 Å². The van der Waals surface area contributed by atoms with Gasteiger partial charge in [0.1, 0.15) is 0 Å². The summed E-state index contributed by atoms with van der Waals surface area (Å²) in [7, 11) is 0. The molecule has 1 rings (SSSR count). The lowest BCUT2D eigenvalue weighted by Crippen LogP contribution is -2.45. The Kier molecular flexibility index (Phi) is 5.58.